The van der Waals surface area contributed by atoms with Crippen LogP contribution >= 0.6 is 0 Å². The zero-order valence-corrected chi connectivity index (χ0v) is 13.5. The smallest absolute Gasteiger partial charge is 0.326 e. The van der Waals surface area contributed by atoms with Crippen LogP contribution in [0.1, 0.15) is 41.0 Å². The lowest BCUT2D eigenvalue weighted by Gasteiger charge is -2.61. The summed E-state index contributed by atoms with van der Waals surface area (Å²) in [4.78, 5) is 23.9. The van der Waals surface area contributed by atoms with Crippen molar-refractivity contribution in [2.75, 3.05) is 0 Å². The van der Waals surface area contributed by atoms with Crippen LogP contribution in [-0.2, 0) is 9.59 Å². The highest BCUT2D eigenvalue weighted by molar-refractivity contribution is 6.80. The third kappa shape index (κ3) is 1.79. The minimum atomic E-state index is -2.11. The molecule has 0 spiro atoms. The van der Waals surface area contributed by atoms with E-state index in [-0.39, 0.29) is 10.9 Å². The summed E-state index contributed by atoms with van der Waals surface area (Å²) >= 11 is 0. The fraction of sp³-hybridized carbons (Fsp3) is 0.846. The molecule has 0 aromatic carbocycles. The monoisotopic (exact) mass is 271 g/mol. The highest BCUT2D eigenvalue weighted by atomic mass is 28.3. The number of rotatable bonds is 3. The van der Waals surface area contributed by atoms with Crippen LogP contribution < -0.4 is 0 Å². The van der Waals surface area contributed by atoms with E-state index < -0.39 is 25.7 Å². The lowest BCUT2D eigenvalue weighted by molar-refractivity contribution is -0.174. The van der Waals surface area contributed by atoms with Gasteiger partial charge in [-0.2, -0.15) is 0 Å². The fourth-order valence-electron chi connectivity index (χ4n) is 2.39. The Balaban J connectivity index is 3.20. The molecule has 0 radical (unpaired) electrons. The molecule has 0 bridgehead atoms. The molecule has 0 aromatic rings. The minimum Gasteiger partial charge on any atom is -0.480 e. The van der Waals surface area contributed by atoms with Crippen molar-refractivity contribution in [1.82, 2.24) is 4.57 Å². The molecule has 5 heteroatoms. The van der Waals surface area contributed by atoms with Crippen molar-refractivity contribution in [2.45, 2.75) is 65.2 Å². The molecule has 1 amide bonds. The molecule has 1 aliphatic rings. The lowest BCUT2D eigenvalue weighted by Crippen LogP contribution is -2.78. The van der Waals surface area contributed by atoms with Crippen LogP contribution in [0.25, 0.3) is 0 Å². The highest BCUT2D eigenvalue weighted by Gasteiger charge is 2.65. The molecule has 1 N–H and O–H groups in total. The first kappa shape index (κ1) is 15.2. The minimum absolute atomic E-state index is 0.0176. The molecule has 0 aromatic heterocycles. The molecular weight excluding hydrogens is 246 g/mol. The van der Waals surface area contributed by atoms with Crippen molar-refractivity contribution in [1.29, 1.82) is 0 Å². The second-order valence-corrected chi connectivity index (χ2v) is 12.1. The summed E-state index contributed by atoms with van der Waals surface area (Å²) in [6.45, 7) is 14.1. The summed E-state index contributed by atoms with van der Waals surface area (Å²) in [7, 11) is -2.11. The summed E-state index contributed by atoms with van der Waals surface area (Å²) in [6.07, 6.45) is 0.577. The number of β-lactam (4-membered cyclic amide) rings is 1. The summed E-state index contributed by atoms with van der Waals surface area (Å²) in [6, 6.07) is -0.657. The largest absolute Gasteiger partial charge is 0.480 e. The zero-order valence-electron chi connectivity index (χ0n) is 12.5. The Morgan fingerprint density at radius 1 is 1.44 bits per heavy atom. The van der Waals surface area contributed by atoms with Gasteiger partial charge >= 0.3 is 5.97 Å². The lowest BCUT2D eigenvalue weighted by atomic mass is 9.72. The quantitative estimate of drug-likeness (QED) is 0.634. The highest BCUT2D eigenvalue weighted by Crippen LogP contribution is 2.50. The first-order chi connectivity index (χ1) is 7.91. The Bertz CT molecular complexity index is 386. The number of hydrogen-bond acceptors (Lipinski definition) is 2. The number of aliphatic carboxylic acids is 1. The van der Waals surface area contributed by atoms with E-state index in [1.807, 2.05) is 6.92 Å². The number of carboxylic acid groups (broad SMARTS) is 1. The van der Waals surface area contributed by atoms with E-state index in [4.69, 9.17) is 0 Å². The Kier molecular flexibility index (Phi) is 3.45. The molecule has 1 aliphatic heterocycles. The Hall–Kier alpha value is -0.843. The van der Waals surface area contributed by atoms with Crippen molar-refractivity contribution >= 4 is 20.1 Å². The normalized spacial score (nSPS) is 29.2. The number of carboxylic acids is 1. The third-order valence-electron chi connectivity index (χ3n) is 4.98. The zero-order chi connectivity index (χ0) is 14.5. The molecule has 0 saturated carbocycles. The van der Waals surface area contributed by atoms with Gasteiger partial charge in [-0.15, -0.1) is 0 Å². The van der Waals surface area contributed by atoms with Crippen LogP contribution in [0.5, 0.6) is 0 Å². The first-order valence-corrected chi connectivity index (χ1v) is 9.42. The van der Waals surface area contributed by atoms with E-state index in [1.54, 1.807) is 11.5 Å². The van der Waals surface area contributed by atoms with Crippen LogP contribution in [0.3, 0.4) is 0 Å². The van der Waals surface area contributed by atoms with Gasteiger partial charge < -0.3 is 9.67 Å². The van der Waals surface area contributed by atoms with Crippen molar-refractivity contribution < 1.29 is 14.7 Å². The van der Waals surface area contributed by atoms with E-state index in [2.05, 4.69) is 33.9 Å². The maximum Gasteiger partial charge on any atom is 0.326 e. The first-order valence-electron chi connectivity index (χ1n) is 6.48. The van der Waals surface area contributed by atoms with Gasteiger partial charge in [0.15, 0.2) is 8.24 Å². The molecule has 2 atom stereocenters. The van der Waals surface area contributed by atoms with E-state index in [9.17, 15) is 14.7 Å². The van der Waals surface area contributed by atoms with E-state index in [0.717, 1.165) is 0 Å². The number of nitrogens with zero attached hydrogens (tertiary/aromatic N) is 1. The van der Waals surface area contributed by atoms with Gasteiger partial charge in [-0.1, -0.05) is 40.8 Å². The number of hydrogen-bond donors (Lipinski definition) is 1. The molecule has 104 valence electrons. The molecule has 1 fully saturated rings. The van der Waals surface area contributed by atoms with Crippen molar-refractivity contribution in [3.05, 3.63) is 0 Å². The molecule has 1 rings (SSSR count). The van der Waals surface area contributed by atoms with Gasteiger partial charge in [-0.3, -0.25) is 4.79 Å². The van der Waals surface area contributed by atoms with Gasteiger partial charge in [0.05, 0.1) is 5.41 Å². The maximum absolute atomic E-state index is 12.4. The van der Waals surface area contributed by atoms with E-state index in [1.165, 1.54) is 0 Å². The van der Waals surface area contributed by atoms with Gasteiger partial charge in [0.1, 0.15) is 6.04 Å². The third-order valence-corrected chi connectivity index (χ3v) is 10.3. The second-order valence-electron chi connectivity index (χ2n) is 7.00. The molecule has 1 saturated heterocycles. The molecule has 18 heavy (non-hydrogen) atoms. The predicted octanol–water partition coefficient (Wildman–Crippen LogP) is 2.70. The van der Waals surface area contributed by atoms with E-state index in [0.29, 0.717) is 6.42 Å². The molecule has 0 aliphatic carbocycles. The van der Waals surface area contributed by atoms with Crippen LogP contribution in [0.15, 0.2) is 0 Å². The Morgan fingerprint density at radius 3 is 2.17 bits per heavy atom. The van der Waals surface area contributed by atoms with Crippen LogP contribution in [0, 0.1) is 5.41 Å². The van der Waals surface area contributed by atoms with Gasteiger partial charge in [0.25, 0.3) is 0 Å². The van der Waals surface area contributed by atoms with Crippen LogP contribution in [-0.4, -0.2) is 35.8 Å². The Labute approximate surface area is 110 Å². The maximum atomic E-state index is 12.4. The van der Waals surface area contributed by atoms with Crippen molar-refractivity contribution in [3.8, 4) is 0 Å². The topological polar surface area (TPSA) is 57.6 Å². The van der Waals surface area contributed by atoms with Crippen molar-refractivity contribution in [2.24, 2.45) is 5.41 Å². The van der Waals surface area contributed by atoms with Gasteiger partial charge in [0.2, 0.25) is 5.91 Å². The molecule has 1 heterocycles. The Morgan fingerprint density at radius 2 is 1.89 bits per heavy atom. The molecular formula is C13H25NO3Si. The van der Waals surface area contributed by atoms with Gasteiger partial charge in [-0.05, 0) is 18.4 Å². The molecule has 0 unspecified atom stereocenters. The summed E-state index contributed by atoms with van der Waals surface area (Å²) < 4.78 is 1.69. The van der Waals surface area contributed by atoms with Crippen LogP contribution in [0.2, 0.25) is 18.1 Å². The summed E-state index contributed by atoms with van der Waals surface area (Å²) in [5.74, 6) is -0.854. The average Bonchev–Trinajstić information content (AvgIpc) is 2.20. The second kappa shape index (κ2) is 4.08. The van der Waals surface area contributed by atoms with Crippen LogP contribution in [0.4, 0.5) is 0 Å². The van der Waals surface area contributed by atoms with Gasteiger partial charge in [-0.25, -0.2) is 4.79 Å². The number of carbonyl (C=O) groups is 2. The standard InChI is InChI=1S/C13H25NO3Si/c1-8-13(5)9(10(15)16)14(11(13)17)18(6,7)12(2,3)4/h9H,8H2,1-7H3,(H,15,16)/t9-,13+/m1/s1. The number of amides is 1. The van der Waals surface area contributed by atoms with Gasteiger partial charge in [0, 0.05) is 0 Å². The van der Waals surface area contributed by atoms with Crippen molar-refractivity contribution in [3.63, 3.8) is 0 Å². The summed E-state index contributed by atoms with van der Waals surface area (Å²) in [5.41, 5.74) is -0.721. The fourth-order valence-corrected chi connectivity index (χ4v) is 4.92. The number of carbonyl (C=O) groups excluding carboxylic acids is 1. The summed E-state index contributed by atoms with van der Waals surface area (Å²) in [5, 5.41) is 9.41. The predicted molar refractivity (Wildman–Crippen MR) is 73.9 cm³/mol. The SMILES string of the molecule is CC[C@]1(C)C(=O)N([Si](C)(C)C(C)(C)C)[C@@H]1C(=O)O. The van der Waals surface area contributed by atoms with E-state index >= 15 is 0 Å². The average molecular weight is 271 g/mol. The molecule has 4 nitrogen and oxygen atoms in total.